The van der Waals surface area contributed by atoms with E-state index in [1.807, 2.05) is 0 Å². The number of allylic oxidation sites excluding steroid dienone is 1. The van der Waals surface area contributed by atoms with Gasteiger partial charge in [-0.15, -0.1) is 0 Å². The van der Waals surface area contributed by atoms with E-state index in [1.165, 1.54) is 0 Å². The van der Waals surface area contributed by atoms with E-state index in [9.17, 15) is 40.8 Å². The number of halogens is 7. The molecule has 0 aromatic rings. The van der Waals surface area contributed by atoms with Crippen molar-refractivity contribution in [2.45, 2.75) is 30.2 Å². The van der Waals surface area contributed by atoms with Crippen LogP contribution >= 0.6 is 0 Å². The van der Waals surface area contributed by atoms with Gasteiger partial charge in [-0.3, -0.25) is 10.1 Å². The van der Waals surface area contributed by atoms with Crippen LogP contribution in [0.4, 0.5) is 30.7 Å². The number of nitrogens with zero attached hydrogens (tertiary/aromatic N) is 1. The smallest absolute Gasteiger partial charge is 0.261 e. The monoisotopic (exact) mass is 267 g/mol. The Labute approximate surface area is 89.0 Å². The van der Waals surface area contributed by atoms with Crippen LogP contribution in [0.3, 0.4) is 0 Å². The predicted molar refractivity (Wildman–Crippen MR) is 39.4 cm³/mol. The second-order valence-corrected chi connectivity index (χ2v) is 3.57. The largest absolute Gasteiger partial charge is 0.446 e. The lowest BCUT2D eigenvalue weighted by molar-refractivity contribution is -0.631. The van der Waals surface area contributed by atoms with Crippen LogP contribution in [-0.2, 0) is 0 Å². The molecule has 1 aliphatic carbocycles. The van der Waals surface area contributed by atoms with Gasteiger partial charge in [0.1, 0.15) is 0 Å². The number of nitro groups is 1. The van der Waals surface area contributed by atoms with E-state index >= 15 is 0 Å². The SMILES string of the molecule is CC1(F)C(F)(F)C(F)=CC(F)([N+](=O)[O-])C1(F)F. The number of hydrogen-bond acceptors (Lipinski definition) is 2. The molecule has 0 radical (unpaired) electrons. The van der Waals surface area contributed by atoms with Gasteiger partial charge in [0.15, 0.2) is 5.83 Å². The quantitative estimate of drug-likeness (QED) is 0.317. The molecule has 0 N–H and O–H groups in total. The van der Waals surface area contributed by atoms with Gasteiger partial charge in [-0.05, 0) is 6.92 Å². The third-order valence-corrected chi connectivity index (χ3v) is 2.50. The Bertz CT molecular complexity index is 405. The van der Waals surface area contributed by atoms with Gasteiger partial charge in [0.25, 0.3) is 5.67 Å². The van der Waals surface area contributed by atoms with Crippen LogP contribution in [-0.4, -0.2) is 28.2 Å². The molecule has 98 valence electrons. The molecule has 0 saturated carbocycles. The first-order valence-electron chi connectivity index (χ1n) is 3.99. The topological polar surface area (TPSA) is 43.1 Å². The summed E-state index contributed by atoms with van der Waals surface area (Å²) in [6.45, 7) is -0.503. The fraction of sp³-hybridized carbons (Fsp3) is 0.714. The van der Waals surface area contributed by atoms with Crippen molar-refractivity contribution in [2.24, 2.45) is 0 Å². The molecule has 0 aromatic heterocycles. The van der Waals surface area contributed by atoms with E-state index in [1.54, 1.807) is 0 Å². The Hall–Kier alpha value is -1.35. The summed E-state index contributed by atoms with van der Waals surface area (Å²) in [5.74, 6) is -19.1. The summed E-state index contributed by atoms with van der Waals surface area (Å²) >= 11 is 0. The van der Waals surface area contributed by atoms with E-state index in [0.717, 1.165) is 0 Å². The number of rotatable bonds is 1. The highest BCUT2D eigenvalue weighted by atomic mass is 19.3. The molecule has 1 rings (SSSR count). The Morgan fingerprint density at radius 1 is 1.18 bits per heavy atom. The summed E-state index contributed by atoms with van der Waals surface area (Å²) in [4.78, 5) is 7.70. The highest BCUT2D eigenvalue weighted by molar-refractivity contribution is 5.29. The maximum atomic E-state index is 13.2. The third-order valence-electron chi connectivity index (χ3n) is 2.50. The van der Waals surface area contributed by atoms with E-state index < -0.39 is 47.1 Å². The highest BCUT2D eigenvalue weighted by Crippen LogP contribution is 2.57. The molecule has 0 spiro atoms. The molecule has 0 aromatic carbocycles. The lowest BCUT2D eigenvalue weighted by Gasteiger charge is -2.40. The summed E-state index contributed by atoms with van der Waals surface area (Å²) in [5.41, 5.74) is -5.07. The molecule has 0 heterocycles. The first-order valence-corrected chi connectivity index (χ1v) is 3.99. The zero-order chi connectivity index (χ0) is 13.9. The van der Waals surface area contributed by atoms with Crippen LogP contribution in [0.1, 0.15) is 6.92 Å². The summed E-state index contributed by atoms with van der Waals surface area (Å²) in [6, 6.07) is 0. The summed E-state index contributed by atoms with van der Waals surface area (Å²) < 4.78 is 90.8. The maximum Gasteiger partial charge on any atom is 0.446 e. The standard InChI is InChI=1S/C7H4F7NO2/c1-4(9)6(11,12)3(8)2-5(10,15(16)17)7(4,13)14/h2H,1H3. The zero-order valence-electron chi connectivity index (χ0n) is 7.99. The van der Waals surface area contributed by atoms with Crippen LogP contribution in [0.2, 0.25) is 0 Å². The molecule has 0 bridgehead atoms. The van der Waals surface area contributed by atoms with Crippen molar-refractivity contribution >= 4 is 0 Å². The Kier molecular flexibility index (Phi) is 2.50. The third kappa shape index (κ3) is 1.29. The lowest BCUT2D eigenvalue weighted by atomic mass is 9.80. The van der Waals surface area contributed by atoms with Crippen molar-refractivity contribution in [3.63, 3.8) is 0 Å². The summed E-state index contributed by atoms with van der Waals surface area (Å²) in [5, 5.41) is 10.1. The average Bonchev–Trinajstić information content (AvgIpc) is 2.14. The Balaban J connectivity index is 3.63. The van der Waals surface area contributed by atoms with Gasteiger partial charge in [0.2, 0.25) is 0 Å². The minimum Gasteiger partial charge on any atom is -0.261 e. The fourth-order valence-electron chi connectivity index (χ4n) is 1.27. The van der Waals surface area contributed by atoms with Crippen molar-refractivity contribution in [3.8, 4) is 0 Å². The number of alkyl halides is 6. The first kappa shape index (κ1) is 13.7. The molecule has 0 saturated heterocycles. The van der Waals surface area contributed by atoms with Gasteiger partial charge < -0.3 is 0 Å². The Morgan fingerprint density at radius 2 is 1.59 bits per heavy atom. The highest BCUT2D eigenvalue weighted by Gasteiger charge is 2.85. The van der Waals surface area contributed by atoms with Crippen molar-refractivity contribution in [2.75, 3.05) is 0 Å². The van der Waals surface area contributed by atoms with Crippen molar-refractivity contribution < 1.29 is 35.7 Å². The molecule has 2 unspecified atom stereocenters. The molecule has 2 atom stereocenters. The molecule has 10 heteroatoms. The van der Waals surface area contributed by atoms with Crippen molar-refractivity contribution in [1.29, 1.82) is 0 Å². The van der Waals surface area contributed by atoms with Gasteiger partial charge in [-0.2, -0.15) is 22.0 Å². The van der Waals surface area contributed by atoms with Gasteiger partial charge >= 0.3 is 17.6 Å². The fourth-order valence-corrected chi connectivity index (χ4v) is 1.27. The maximum absolute atomic E-state index is 13.2. The van der Waals surface area contributed by atoms with Crippen LogP contribution in [0.5, 0.6) is 0 Å². The molecular formula is C7H4F7NO2. The molecule has 17 heavy (non-hydrogen) atoms. The van der Waals surface area contributed by atoms with Crippen molar-refractivity contribution in [1.82, 2.24) is 0 Å². The predicted octanol–water partition coefficient (Wildman–Crippen LogP) is 2.79. The minimum absolute atomic E-state index is 0.503. The second-order valence-electron chi connectivity index (χ2n) is 3.57. The lowest BCUT2D eigenvalue weighted by Crippen LogP contribution is -2.69. The normalized spacial score (nSPS) is 39.6. The molecule has 0 fully saturated rings. The molecule has 3 nitrogen and oxygen atoms in total. The molecular weight excluding hydrogens is 263 g/mol. The van der Waals surface area contributed by atoms with Crippen LogP contribution < -0.4 is 0 Å². The van der Waals surface area contributed by atoms with Crippen LogP contribution in [0.15, 0.2) is 11.9 Å². The van der Waals surface area contributed by atoms with E-state index in [2.05, 4.69) is 0 Å². The Morgan fingerprint density at radius 3 is 1.94 bits per heavy atom. The summed E-state index contributed by atoms with van der Waals surface area (Å²) in [6.07, 6.45) is -1.21. The second kappa shape index (κ2) is 3.10. The van der Waals surface area contributed by atoms with Gasteiger partial charge in [-0.25, -0.2) is 8.78 Å². The summed E-state index contributed by atoms with van der Waals surface area (Å²) in [7, 11) is 0. The molecule has 1 aliphatic rings. The van der Waals surface area contributed by atoms with E-state index in [4.69, 9.17) is 0 Å². The zero-order valence-corrected chi connectivity index (χ0v) is 7.99. The van der Waals surface area contributed by atoms with Crippen LogP contribution in [0.25, 0.3) is 0 Å². The number of hydrogen-bond donors (Lipinski definition) is 0. The van der Waals surface area contributed by atoms with Gasteiger partial charge in [-0.1, -0.05) is 0 Å². The minimum atomic E-state index is -5.73. The van der Waals surface area contributed by atoms with E-state index in [-0.39, 0.29) is 0 Å². The van der Waals surface area contributed by atoms with Crippen molar-refractivity contribution in [3.05, 3.63) is 22.0 Å². The van der Waals surface area contributed by atoms with Gasteiger partial charge in [0.05, 0.1) is 11.0 Å². The molecule has 0 aliphatic heterocycles. The molecule has 0 amide bonds. The van der Waals surface area contributed by atoms with E-state index in [0.29, 0.717) is 0 Å². The first-order chi connectivity index (χ1) is 7.32. The van der Waals surface area contributed by atoms with Crippen LogP contribution in [0, 0.1) is 10.1 Å². The van der Waals surface area contributed by atoms with Gasteiger partial charge in [0, 0.05) is 0 Å². The average molecular weight is 267 g/mol.